The first kappa shape index (κ1) is 11.5. The number of fused-ring (bicyclic) bond motifs is 2. The molecule has 18 heavy (non-hydrogen) atoms. The summed E-state index contributed by atoms with van der Waals surface area (Å²) in [7, 11) is 0. The van der Waals surface area contributed by atoms with Crippen LogP contribution in [-0.4, -0.2) is 5.78 Å². The van der Waals surface area contributed by atoms with Crippen molar-refractivity contribution in [1.29, 1.82) is 0 Å². The van der Waals surface area contributed by atoms with Crippen molar-refractivity contribution in [2.45, 2.75) is 26.7 Å². The zero-order valence-electron chi connectivity index (χ0n) is 11.0. The van der Waals surface area contributed by atoms with Gasteiger partial charge in [0, 0.05) is 11.5 Å². The zero-order chi connectivity index (χ0) is 12.9. The number of carbonyl (C=O) groups is 1. The Balaban J connectivity index is 2.01. The third kappa shape index (κ3) is 1.43. The first-order valence-corrected chi connectivity index (χ1v) is 6.55. The fraction of sp³-hybridized carbons (Fsp3) is 0.353. The fourth-order valence-corrected chi connectivity index (χ4v) is 3.24. The van der Waals surface area contributed by atoms with E-state index < -0.39 is 0 Å². The van der Waals surface area contributed by atoms with E-state index in [0.717, 1.165) is 29.6 Å². The van der Waals surface area contributed by atoms with E-state index >= 15 is 0 Å². The molecule has 1 aromatic carbocycles. The van der Waals surface area contributed by atoms with Crippen molar-refractivity contribution in [3.63, 3.8) is 0 Å². The molecule has 2 aliphatic rings. The molecule has 2 unspecified atom stereocenters. The van der Waals surface area contributed by atoms with E-state index in [0.29, 0.717) is 11.7 Å². The van der Waals surface area contributed by atoms with Gasteiger partial charge in [-0.25, -0.2) is 0 Å². The average Bonchev–Trinajstić information content (AvgIpc) is 2.73. The molecule has 92 valence electrons. The number of carbonyl (C=O) groups excluding carboxylic acids is 1. The number of allylic oxidation sites excluding steroid dienone is 2. The van der Waals surface area contributed by atoms with Gasteiger partial charge < -0.3 is 0 Å². The first-order chi connectivity index (χ1) is 8.52. The Labute approximate surface area is 108 Å². The summed E-state index contributed by atoms with van der Waals surface area (Å²) in [5.74, 6) is 0.591. The second-order valence-electron chi connectivity index (χ2n) is 5.79. The molecule has 2 fully saturated rings. The van der Waals surface area contributed by atoms with Gasteiger partial charge in [-0.15, -0.1) is 0 Å². The van der Waals surface area contributed by atoms with Crippen LogP contribution in [0.3, 0.4) is 0 Å². The molecule has 1 aromatic rings. The molecule has 0 spiro atoms. The highest BCUT2D eigenvalue weighted by Gasteiger charge is 2.54. The van der Waals surface area contributed by atoms with Gasteiger partial charge in [0.1, 0.15) is 0 Å². The average molecular weight is 238 g/mol. The number of Topliss-reactive ketones (excluding diaryl/α,β-unsaturated/α-hetero) is 1. The van der Waals surface area contributed by atoms with Crippen LogP contribution in [0.15, 0.2) is 42.0 Å². The summed E-state index contributed by atoms with van der Waals surface area (Å²) in [6.45, 7) is 8.27. The van der Waals surface area contributed by atoms with Crippen molar-refractivity contribution in [2.24, 2.45) is 11.3 Å². The van der Waals surface area contributed by atoms with Crippen LogP contribution in [0.2, 0.25) is 0 Å². The van der Waals surface area contributed by atoms with Crippen molar-refractivity contribution in [3.05, 3.63) is 53.1 Å². The summed E-state index contributed by atoms with van der Waals surface area (Å²) >= 11 is 0. The fourth-order valence-electron chi connectivity index (χ4n) is 3.24. The summed E-state index contributed by atoms with van der Waals surface area (Å²) in [6.07, 6.45) is 4.11. The van der Waals surface area contributed by atoms with Gasteiger partial charge in [-0.3, -0.25) is 4.79 Å². The topological polar surface area (TPSA) is 17.1 Å². The third-order valence-corrected chi connectivity index (χ3v) is 4.60. The van der Waals surface area contributed by atoms with Gasteiger partial charge in [-0.2, -0.15) is 0 Å². The molecule has 1 nitrogen and oxygen atoms in total. The van der Waals surface area contributed by atoms with Crippen LogP contribution >= 0.6 is 0 Å². The molecule has 1 heteroatoms. The summed E-state index contributed by atoms with van der Waals surface area (Å²) in [6, 6.07) is 8.32. The lowest BCUT2D eigenvalue weighted by atomic mass is 9.82. The Hall–Kier alpha value is -1.63. The molecule has 2 saturated carbocycles. The zero-order valence-corrected chi connectivity index (χ0v) is 11.0. The Morgan fingerprint density at radius 1 is 1.33 bits per heavy atom. The van der Waals surface area contributed by atoms with Crippen molar-refractivity contribution in [2.75, 3.05) is 0 Å². The van der Waals surface area contributed by atoms with E-state index in [1.165, 1.54) is 5.56 Å². The Morgan fingerprint density at radius 2 is 2.00 bits per heavy atom. The van der Waals surface area contributed by atoms with Crippen LogP contribution < -0.4 is 0 Å². The molecule has 2 bridgehead atoms. The molecule has 2 atom stereocenters. The number of rotatable bonds is 1. The minimum Gasteiger partial charge on any atom is -0.294 e. The smallest absolute Gasteiger partial charge is 0.169 e. The predicted octanol–water partition coefficient (Wildman–Crippen LogP) is 3.93. The van der Waals surface area contributed by atoms with Crippen LogP contribution in [0.4, 0.5) is 0 Å². The van der Waals surface area contributed by atoms with E-state index in [1.807, 2.05) is 6.92 Å². The van der Waals surface area contributed by atoms with Gasteiger partial charge in [0.15, 0.2) is 5.78 Å². The summed E-state index contributed by atoms with van der Waals surface area (Å²) < 4.78 is 0. The lowest BCUT2D eigenvalue weighted by Gasteiger charge is -2.19. The molecule has 0 aromatic heterocycles. The standard InChI is InChI=1S/C17H18O/c1-11-4-6-13(7-5-11)10-15-14-8-9-17(3,12(14)2)16(15)18/h4-7,10,14H,2,8-9H2,1,3H3/b15-10+. The highest BCUT2D eigenvalue weighted by atomic mass is 16.1. The van der Waals surface area contributed by atoms with Crippen LogP contribution in [0.1, 0.15) is 30.9 Å². The molecule has 0 aliphatic heterocycles. The van der Waals surface area contributed by atoms with E-state index in [1.54, 1.807) is 0 Å². The molecule has 0 radical (unpaired) electrons. The molecule has 0 saturated heterocycles. The molecule has 0 amide bonds. The predicted molar refractivity (Wildman–Crippen MR) is 74.1 cm³/mol. The molecule has 3 rings (SSSR count). The minimum absolute atomic E-state index is 0.277. The maximum absolute atomic E-state index is 12.4. The number of ketones is 1. The van der Waals surface area contributed by atoms with Crippen molar-refractivity contribution in [3.8, 4) is 0 Å². The first-order valence-electron chi connectivity index (χ1n) is 6.55. The molecular formula is C17H18O. The maximum Gasteiger partial charge on any atom is 0.169 e. The van der Waals surface area contributed by atoms with Crippen molar-refractivity contribution >= 4 is 11.9 Å². The molecule has 0 heterocycles. The van der Waals surface area contributed by atoms with Crippen LogP contribution in [-0.2, 0) is 4.79 Å². The van der Waals surface area contributed by atoms with Gasteiger partial charge in [-0.05, 0) is 38.3 Å². The number of hydrogen-bond acceptors (Lipinski definition) is 1. The largest absolute Gasteiger partial charge is 0.294 e. The summed E-state index contributed by atoms with van der Waals surface area (Å²) in [4.78, 5) is 12.4. The molecule has 2 aliphatic carbocycles. The van der Waals surface area contributed by atoms with Crippen LogP contribution in [0.25, 0.3) is 6.08 Å². The maximum atomic E-state index is 12.4. The third-order valence-electron chi connectivity index (χ3n) is 4.60. The summed E-state index contributed by atoms with van der Waals surface area (Å²) in [5, 5.41) is 0. The van der Waals surface area contributed by atoms with E-state index in [4.69, 9.17) is 0 Å². The van der Waals surface area contributed by atoms with Gasteiger partial charge in [0.2, 0.25) is 0 Å². The normalized spacial score (nSPS) is 32.6. The molecule has 0 N–H and O–H groups in total. The van der Waals surface area contributed by atoms with E-state index in [-0.39, 0.29) is 5.41 Å². The SMILES string of the molecule is C=C1C2CCC1(C)C(=O)/C2=C/c1ccc(C)cc1. The van der Waals surface area contributed by atoms with Gasteiger partial charge >= 0.3 is 0 Å². The number of benzene rings is 1. The van der Waals surface area contributed by atoms with Gasteiger partial charge in [-0.1, -0.05) is 42.0 Å². The van der Waals surface area contributed by atoms with Gasteiger partial charge in [0.25, 0.3) is 0 Å². The highest BCUT2D eigenvalue weighted by molar-refractivity contribution is 6.10. The molecular weight excluding hydrogens is 220 g/mol. The van der Waals surface area contributed by atoms with Crippen molar-refractivity contribution < 1.29 is 4.79 Å². The Kier molecular flexibility index (Phi) is 2.34. The quantitative estimate of drug-likeness (QED) is 0.535. The van der Waals surface area contributed by atoms with E-state index in [9.17, 15) is 4.79 Å². The number of aryl methyl sites for hydroxylation is 1. The van der Waals surface area contributed by atoms with Crippen LogP contribution in [0, 0.1) is 18.3 Å². The monoisotopic (exact) mass is 238 g/mol. The lowest BCUT2D eigenvalue weighted by Crippen LogP contribution is -2.23. The second-order valence-corrected chi connectivity index (χ2v) is 5.79. The van der Waals surface area contributed by atoms with Crippen molar-refractivity contribution in [1.82, 2.24) is 0 Å². The lowest BCUT2D eigenvalue weighted by molar-refractivity contribution is -0.121. The van der Waals surface area contributed by atoms with Gasteiger partial charge in [0.05, 0.1) is 5.41 Å². The van der Waals surface area contributed by atoms with E-state index in [2.05, 4.69) is 43.8 Å². The van der Waals surface area contributed by atoms with Crippen LogP contribution in [0.5, 0.6) is 0 Å². The minimum atomic E-state index is -0.277. The second kappa shape index (κ2) is 3.68. The Morgan fingerprint density at radius 3 is 2.56 bits per heavy atom. The highest BCUT2D eigenvalue weighted by Crippen LogP contribution is 2.57. The Bertz CT molecular complexity index is 562. The summed E-state index contributed by atoms with van der Waals surface area (Å²) in [5.41, 5.74) is 4.19. The number of hydrogen-bond donors (Lipinski definition) is 0.